The zero-order valence-electron chi connectivity index (χ0n) is 15.5. The lowest BCUT2D eigenvalue weighted by molar-refractivity contribution is -0.126. The Balaban J connectivity index is 1.61. The summed E-state index contributed by atoms with van der Waals surface area (Å²) in [5, 5.41) is 2.80. The lowest BCUT2D eigenvalue weighted by atomic mass is 10.1. The van der Waals surface area contributed by atoms with Gasteiger partial charge in [0.2, 0.25) is 11.8 Å². The third-order valence-corrected chi connectivity index (χ3v) is 4.48. The van der Waals surface area contributed by atoms with Crippen LogP contribution in [0.4, 0.5) is 5.69 Å². The van der Waals surface area contributed by atoms with Crippen LogP contribution in [0.1, 0.15) is 17.5 Å². The highest BCUT2D eigenvalue weighted by Gasteiger charge is 2.36. The topological polar surface area (TPSA) is 58.6 Å². The molecule has 5 nitrogen and oxygen atoms in total. The number of carbonyl (C=O) groups is 2. The Morgan fingerprint density at radius 1 is 1.26 bits per heavy atom. The molecule has 3 rings (SSSR count). The van der Waals surface area contributed by atoms with E-state index in [-0.39, 0.29) is 30.7 Å². The van der Waals surface area contributed by atoms with Gasteiger partial charge in [0.1, 0.15) is 5.75 Å². The monoisotopic (exact) mass is 362 g/mol. The fourth-order valence-corrected chi connectivity index (χ4v) is 3.07. The molecule has 0 spiro atoms. The number of hydrogen-bond donors (Lipinski definition) is 1. The number of benzene rings is 2. The number of anilines is 1. The van der Waals surface area contributed by atoms with Crippen molar-refractivity contribution in [1.29, 1.82) is 0 Å². The van der Waals surface area contributed by atoms with Crippen LogP contribution in [-0.4, -0.2) is 32.0 Å². The van der Waals surface area contributed by atoms with Gasteiger partial charge in [0.25, 0.3) is 0 Å². The Morgan fingerprint density at radius 2 is 2.04 bits per heavy atom. The summed E-state index contributed by atoms with van der Waals surface area (Å²) in [5.74, 6) is 5.95. The van der Waals surface area contributed by atoms with Gasteiger partial charge in [-0.3, -0.25) is 9.59 Å². The van der Waals surface area contributed by atoms with Crippen LogP contribution in [0.15, 0.2) is 48.5 Å². The van der Waals surface area contributed by atoms with E-state index in [1.807, 2.05) is 55.5 Å². The van der Waals surface area contributed by atoms with Crippen molar-refractivity contribution < 1.29 is 14.3 Å². The van der Waals surface area contributed by atoms with Crippen LogP contribution >= 0.6 is 0 Å². The molecule has 1 fully saturated rings. The van der Waals surface area contributed by atoms with Crippen LogP contribution in [0, 0.1) is 24.7 Å². The molecule has 0 saturated carbocycles. The molecule has 1 unspecified atom stereocenters. The largest absolute Gasteiger partial charge is 0.495 e. The molecule has 1 aliphatic heterocycles. The van der Waals surface area contributed by atoms with Crippen molar-refractivity contribution in [2.45, 2.75) is 13.3 Å². The Morgan fingerprint density at radius 3 is 2.78 bits per heavy atom. The second-order valence-electron chi connectivity index (χ2n) is 6.47. The number of nitrogens with one attached hydrogen (secondary N) is 1. The van der Waals surface area contributed by atoms with Crippen LogP contribution in [-0.2, 0) is 9.59 Å². The first-order valence-corrected chi connectivity index (χ1v) is 8.85. The molecule has 0 aromatic heterocycles. The van der Waals surface area contributed by atoms with Crippen molar-refractivity contribution in [3.8, 4) is 17.6 Å². The van der Waals surface area contributed by atoms with E-state index in [1.54, 1.807) is 12.0 Å². The minimum atomic E-state index is -0.388. The van der Waals surface area contributed by atoms with Gasteiger partial charge in [-0.15, -0.1) is 0 Å². The molecule has 2 aromatic carbocycles. The third-order valence-electron chi connectivity index (χ3n) is 4.48. The molecule has 2 amide bonds. The minimum absolute atomic E-state index is 0.0746. The van der Waals surface area contributed by atoms with Crippen molar-refractivity contribution in [2.75, 3.05) is 25.1 Å². The molecule has 0 radical (unpaired) electrons. The standard InChI is InChI=1S/C22H22N2O3/c1-16-10-11-20(27-2)19(13-16)24-15-18(14-21(24)25)22(26)23-12-6-9-17-7-4-3-5-8-17/h3-5,7-8,10-11,13,18H,12,14-15H2,1-2H3,(H,23,26). The van der Waals surface area contributed by atoms with E-state index in [0.717, 1.165) is 11.1 Å². The molecule has 1 aliphatic rings. The highest BCUT2D eigenvalue weighted by Crippen LogP contribution is 2.33. The Bertz CT molecular complexity index is 897. The summed E-state index contributed by atoms with van der Waals surface area (Å²) >= 11 is 0. The van der Waals surface area contributed by atoms with E-state index in [9.17, 15) is 9.59 Å². The van der Waals surface area contributed by atoms with E-state index >= 15 is 0 Å². The zero-order valence-corrected chi connectivity index (χ0v) is 15.5. The predicted octanol–water partition coefficient (Wildman–Crippen LogP) is 2.52. The lowest BCUT2D eigenvalue weighted by Crippen LogP contribution is -2.33. The number of amides is 2. The Kier molecular flexibility index (Phi) is 5.77. The number of hydrogen-bond acceptors (Lipinski definition) is 3. The molecule has 27 heavy (non-hydrogen) atoms. The zero-order chi connectivity index (χ0) is 19.2. The Hall–Kier alpha value is -3.26. The first-order valence-electron chi connectivity index (χ1n) is 8.85. The maximum atomic E-state index is 12.4. The molecule has 0 aliphatic carbocycles. The Labute approximate surface area is 159 Å². The maximum absolute atomic E-state index is 12.4. The highest BCUT2D eigenvalue weighted by molar-refractivity contribution is 6.01. The first-order chi connectivity index (χ1) is 13.1. The normalized spacial score (nSPS) is 15.9. The fourth-order valence-electron chi connectivity index (χ4n) is 3.07. The summed E-state index contributed by atoms with van der Waals surface area (Å²) in [4.78, 5) is 26.5. The number of methoxy groups -OCH3 is 1. The molecule has 1 heterocycles. The number of ether oxygens (including phenoxy) is 1. The van der Waals surface area contributed by atoms with Gasteiger partial charge in [0.15, 0.2) is 0 Å². The lowest BCUT2D eigenvalue weighted by Gasteiger charge is -2.20. The third kappa shape index (κ3) is 4.48. The van der Waals surface area contributed by atoms with E-state index in [1.165, 1.54) is 0 Å². The van der Waals surface area contributed by atoms with Gasteiger partial charge in [-0.1, -0.05) is 36.1 Å². The quantitative estimate of drug-likeness (QED) is 0.851. The number of carbonyl (C=O) groups excluding carboxylic acids is 2. The summed E-state index contributed by atoms with van der Waals surface area (Å²) in [5.41, 5.74) is 2.64. The smallest absolute Gasteiger partial charge is 0.227 e. The summed E-state index contributed by atoms with van der Waals surface area (Å²) in [6, 6.07) is 15.3. The van der Waals surface area contributed by atoms with Gasteiger partial charge < -0.3 is 15.0 Å². The van der Waals surface area contributed by atoms with E-state index in [2.05, 4.69) is 17.2 Å². The summed E-state index contributed by atoms with van der Waals surface area (Å²) in [7, 11) is 1.57. The minimum Gasteiger partial charge on any atom is -0.495 e. The molecule has 1 saturated heterocycles. The van der Waals surface area contributed by atoms with Crippen LogP contribution in [0.25, 0.3) is 0 Å². The van der Waals surface area contributed by atoms with Gasteiger partial charge in [0, 0.05) is 18.5 Å². The number of aryl methyl sites for hydroxylation is 1. The molecule has 0 bridgehead atoms. The molecular weight excluding hydrogens is 340 g/mol. The van der Waals surface area contributed by atoms with E-state index < -0.39 is 0 Å². The van der Waals surface area contributed by atoms with Crippen LogP contribution < -0.4 is 15.0 Å². The highest BCUT2D eigenvalue weighted by atomic mass is 16.5. The maximum Gasteiger partial charge on any atom is 0.227 e. The average Bonchev–Trinajstić information content (AvgIpc) is 3.07. The summed E-state index contributed by atoms with van der Waals surface area (Å²) in [6.07, 6.45) is 0.190. The van der Waals surface area contributed by atoms with Gasteiger partial charge in [-0.2, -0.15) is 0 Å². The molecule has 138 valence electrons. The molecule has 5 heteroatoms. The fraction of sp³-hybridized carbons (Fsp3) is 0.273. The van der Waals surface area contributed by atoms with Crippen LogP contribution in [0.3, 0.4) is 0 Å². The van der Waals surface area contributed by atoms with Crippen LogP contribution in [0.2, 0.25) is 0 Å². The van der Waals surface area contributed by atoms with Crippen molar-refractivity contribution in [2.24, 2.45) is 5.92 Å². The number of rotatable bonds is 4. The van der Waals surface area contributed by atoms with Crippen LogP contribution in [0.5, 0.6) is 5.75 Å². The first kappa shape index (κ1) is 18.5. The number of nitrogens with zero attached hydrogens (tertiary/aromatic N) is 1. The molecule has 1 atom stereocenters. The van der Waals surface area contributed by atoms with Crippen molar-refractivity contribution in [3.63, 3.8) is 0 Å². The SMILES string of the molecule is COc1ccc(C)cc1N1CC(C(=O)NCC#Cc2ccccc2)CC1=O. The van der Waals surface area contributed by atoms with Gasteiger partial charge in [-0.05, 0) is 36.8 Å². The van der Waals surface area contributed by atoms with Crippen molar-refractivity contribution in [1.82, 2.24) is 5.32 Å². The molecular formula is C22H22N2O3. The van der Waals surface area contributed by atoms with Gasteiger partial charge in [-0.25, -0.2) is 0 Å². The van der Waals surface area contributed by atoms with E-state index in [0.29, 0.717) is 18.0 Å². The second kappa shape index (κ2) is 8.41. The van der Waals surface area contributed by atoms with Gasteiger partial charge >= 0.3 is 0 Å². The molecule has 1 N–H and O–H groups in total. The van der Waals surface area contributed by atoms with Crippen molar-refractivity contribution >= 4 is 17.5 Å². The summed E-state index contributed by atoms with van der Waals surface area (Å²) in [6.45, 7) is 2.56. The van der Waals surface area contributed by atoms with Gasteiger partial charge in [0.05, 0.1) is 25.3 Å². The predicted molar refractivity (Wildman–Crippen MR) is 105 cm³/mol. The average molecular weight is 362 g/mol. The molecule has 2 aromatic rings. The second-order valence-corrected chi connectivity index (χ2v) is 6.47. The van der Waals surface area contributed by atoms with E-state index in [4.69, 9.17) is 4.74 Å². The van der Waals surface area contributed by atoms with Crippen molar-refractivity contribution in [3.05, 3.63) is 59.7 Å². The summed E-state index contributed by atoms with van der Waals surface area (Å²) < 4.78 is 5.37.